The van der Waals surface area contributed by atoms with Gasteiger partial charge in [0.05, 0.1) is 17.5 Å². The van der Waals surface area contributed by atoms with Crippen molar-refractivity contribution in [2.45, 2.75) is 31.8 Å². The Balaban J connectivity index is 1.28. The second-order valence-corrected chi connectivity index (χ2v) is 8.22. The predicted molar refractivity (Wildman–Crippen MR) is 112 cm³/mol. The smallest absolute Gasteiger partial charge is 0.246 e. The SMILES string of the molecule is O=C(Cn1ccnc1)Nc1nc2c(s1)CC(Nc1ncnc3ccc(F)cc13)CC2. The van der Waals surface area contributed by atoms with E-state index in [2.05, 4.69) is 30.6 Å². The molecule has 0 spiro atoms. The standard InChI is InChI=1S/C20H18FN7OS/c21-12-1-3-15-14(7-12)19(24-10-23-15)25-13-2-4-16-17(8-13)30-20(26-16)27-18(29)9-28-6-5-22-11-28/h1,3,5-7,10-11,13H,2,4,8-9H2,(H,23,24,25)(H,26,27,29). The van der Waals surface area contributed by atoms with Gasteiger partial charge in [0.1, 0.15) is 24.5 Å². The van der Waals surface area contributed by atoms with Crippen molar-refractivity contribution in [1.29, 1.82) is 0 Å². The molecule has 0 bridgehead atoms. The van der Waals surface area contributed by atoms with Gasteiger partial charge in [-0.2, -0.15) is 0 Å². The Labute approximate surface area is 175 Å². The monoisotopic (exact) mass is 423 g/mol. The number of amides is 1. The molecule has 1 aromatic carbocycles. The average molecular weight is 423 g/mol. The second-order valence-electron chi connectivity index (χ2n) is 7.14. The van der Waals surface area contributed by atoms with Crippen LogP contribution in [0.15, 0.2) is 43.2 Å². The molecule has 1 aliphatic rings. The van der Waals surface area contributed by atoms with Crippen molar-refractivity contribution in [3.63, 3.8) is 0 Å². The Morgan fingerprint density at radius 3 is 3.13 bits per heavy atom. The fourth-order valence-electron chi connectivity index (χ4n) is 3.59. The van der Waals surface area contributed by atoms with Crippen molar-refractivity contribution in [3.8, 4) is 0 Å². The van der Waals surface area contributed by atoms with E-state index < -0.39 is 0 Å². The second kappa shape index (κ2) is 7.79. The third-order valence-electron chi connectivity index (χ3n) is 5.01. The van der Waals surface area contributed by atoms with Crippen LogP contribution >= 0.6 is 11.3 Å². The van der Waals surface area contributed by atoms with Crippen LogP contribution in [-0.2, 0) is 24.2 Å². The van der Waals surface area contributed by atoms with E-state index in [1.165, 1.54) is 29.8 Å². The molecule has 0 aliphatic heterocycles. The number of halogens is 1. The highest BCUT2D eigenvalue weighted by Crippen LogP contribution is 2.31. The largest absolute Gasteiger partial charge is 0.366 e. The molecule has 0 saturated heterocycles. The van der Waals surface area contributed by atoms with Gasteiger partial charge in [-0.3, -0.25) is 4.79 Å². The molecule has 3 aromatic heterocycles. The van der Waals surface area contributed by atoms with Gasteiger partial charge in [0.15, 0.2) is 5.13 Å². The quantitative estimate of drug-likeness (QED) is 0.512. The summed E-state index contributed by atoms with van der Waals surface area (Å²) in [5.41, 5.74) is 1.72. The number of thiazole rings is 1. The Kier molecular flexibility index (Phi) is 4.83. The molecule has 2 N–H and O–H groups in total. The maximum atomic E-state index is 13.7. The number of carbonyl (C=O) groups excluding carboxylic acids is 1. The normalized spacial score (nSPS) is 15.7. The van der Waals surface area contributed by atoms with Crippen LogP contribution in [0.4, 0.5) is 15.3 Å². The number of carbonyl (C=O) groups is 1. The molecule has 10 heteroatoms. The van der Waals surface area contributed by atoms with Crippen molar-refractivity contribution in [2.24, 2.45) is 0 Å². The van der Waals surface area contributed by atoms with Gasteiger partial charge < -0.3 is 15.2 Å². The molecular weight excluding hydrogens is 405 g/mol. The van der Waals surface area contributed by atoms with Gasteiger partial charge in [0.25, 0.3) is 0 Å². The lowest BCUT2D eigenvalue weighted by Crippen LogP contribution is -2.27. The first-order valence-corrected chi connectivity index (χ1v) is 10.4. The number of hydrogen-bond acceptors (Lipinski definition) is 7. The molecule has 0 fully saturated rings. The summed E-state index contributed by atoms with van der Waals surface area (Å²) in [7, 11) is 0. The van der Waals surface area contributed by atoms with Gasteiger partial charge >= 0.3 is 0 Å². The van der Waals surface area contributed by atoms with Crippen LogP contribution in [0.1, 0.15) is 17.0 Å². The maximum Gasteiger partial charge on any atom is 0.246 e. The van der Waals surface area contributed by atoms with Crippen LogP contribution < -0.4 is 10.6 Å². The van der Waals surface area contributed by atoms with E-state index >= 15 is 0 Å². The molecule has 1 atom stereocenters. The summed E-state index contributed by atoms with van der Waals surface area (Å²) in [4.78, 5) is 30.4. The molecule has 0 saturated carbocycles. The van der Waals surface area contributed by atoms with Gasteiger partial charge in [-0.05, 0) is 31.0 Å². The van der Waals surface area contributed by atoms with E-state index in [4.69, 9.17) is 0 Å². The summed E-state index contributed by atoms with van der Waals surface area (Å²) in [6, 6.07) is 4.64. The lowest BCUT2D eigenvalue weighted by Gasteiger charge is -2.23. The molecule has 1 aliphatic carbocycles. The van der Waals surface area contributed by atoms with Gasteiger partial charge in [-0.1, -0.05) is 0 Å². The summed E-state index contributed by atoms with van der Waals surface area (Å²) in [6.45, 7) is 0.200. The fraction of sp³-hybridized carbons (Fsp3) is 0.250. The Hall–Kier alpha value is -3.40. The fourth-order valence-corrected chi connectivity index (χ4v) is 4.70. The lowest BCUT2D eigenvalue weighted by atomic mass is 9.97. The third-order valence-corrected chi connectivity index (χ3v) is 6.04. The van der Waals surface area contributed by atoms with Crippen LogP contribution in [0.3, 0.4) is 0 Å². The highest BCUT2D eigenvalue weighted by atomic mass is 32.1. The van der Waals surface area contributed by atoms with Crippen molar-refractivity contribution in [3.05, 3.63) is 59.6 Å². The van der Waals surface area contributed by atoms with Gasteiger partial charge in [-0.25, -0.2) is 24.3 Å². The topological polar surface area (TPSA) is 97.6 Å². The third kappa shape index (κ3) is 3.86. The van der Waals surface area contributed by atoms with Crippen molar-refractivity contribution < 1.29 is 9.18 Å². The zero-order valence-corrected chi connectivity index (χ0v) is 16.7. The summed E-state index contributed by atoms with van der Waals surface area (Å²) in [5.74, 6) is 0.180. The van der Waals surface area contributed by atoms with Crippen molar-refractivity contribution >= 4 is 39.1 Å². The lowest BCUT2D eigenvalue weighted by molar-refractivity contribution is -0.116. The number of benzene rings is 1. The first-order valence-electron chi connectivity index (χ1n) is 9.55. The molecule has 1 unspecified atom stereocenters. The number of aryl methyl sites for hydroxylation is 1. The van der Waals surface area contributed by atoms with Crippen LogP contribution in [0.2, 0.25) is 0 Å². The minimum absolute atomic E-state index is 0.136. The van der Waals surface area contributed by atoms with E-state index in [1.807, 2.05) is 0 Å². The number of rotatable bonds is 5. The van der Waals surface area contributed by atoms with Crippen molar-refractivity contribution in [1.82, 2.24) is 24.5 Å². The summed E-state index contributed by atoms with van der Waals surface area (Å²) in [5, 5.41) is 7.58. The number of anilines is 2. The summed E-state index contributed by atoms with van der Waals surface area (Å²) < 4.78 is 15.4. The zero-order valence-electron chi connectivity index (χ0n) is 15.9. The van der Waals surface area contributed by atoms with Gasteiger partial charge in [0.2, 0.25) is 5.91 Å². The van der Waals surface area contributed by atoms with Gasteiger partial charge in [-0.15, -0.1) is 11.3 Å². The molecule has 0 radical (unpaired) electrons. The minimum Gasteiger partial charge on any atom is -0.366 e. The Morgan fingerprint density at radius 2 is 2.27 bits per heavy atom. The molecule has 3 heterocycles. The van der Waals surface area contributed by atoms with E-state index in [9.17, 15) is 9.18 Å². The van der Waals surface area contributed by atoms with Gasteiger partial charge in [0, 0.05) is 35.1 Å². The average Bonchev–Trinajstić information content (AvgIpc) is 3.37. The van der Waals surface area contributed by atoms with E-state index in [0.29, 0.717) is 21.9 Å². The summed E-state index contributed by atoms with van der Waals surface area (Å²) >= 11 is 1.50. The number of hydrogen-bond donors (Lipinski definition) is 2. The van der Waals surface area contributed by atoms with Crippen molar-refractivity contribution in [2.75, 3.05) is 10.6 Å². The highest BCUT2D eigenvalue weighted by Gasteiger charge is 2.24. The summed E-state index contributed by atoms with van der Waals surface area (Å²) in [6.07, 6.45) is 8.91. The number of imidazole rings is 1. The van der Waals surface area contributed by atoms with E-state index in [1.54, 1.807) is 29.4 Å². The van der Waals surface area contributed by atoms with Crippen LogP contribution in [0.25, 0.3) is 10.9 Å². The number of aromatic nitrogens is 5. The van der Waals surface area contributed by atoms with Crippen LogP contribution in [-0.4, -0.2) is 36.5 Å². The van der Waals surface area contributed by atoms with Crippen LogP contribution in [0.5, 0.6) is 0 Å². The first-order chi connectivity index (χ1) is 14.6. The van der Waals surface area contributed by atoms with E-state index in [-0.39, 0.29) is 24.3 Å². The Bertz CT molecular complexity index is 1210. The van der Waals surface area contributed by atoms with Crippen LogP contribution in [0, 0.1) is 5.82 Å². The molecule has 5 rings (SSSR count). The Morgan fingerprint density at radius 1 is 1.33 bits per heavy atom. The maximum absolute atomic E-state index is 13.7. The first kappa shape index (κ1) is 18.6. The molecule has 8 nitrogen and oxygen atoms in total. The molecule has 30 heavy (non-hydrogen) atoms. The predicted octanol–water partition coefficient (Wildman–Crippen LogP) is 3.03. The highest BCUT2D eigenvalue weighted by molar-refractivity contribution is 7.15. The number of fused-ring (bicyclic) bond motifs is 2. The van der Waals surface area contributed by atoms with E-state index in [0.717, 1.165) is 29.8 Å². The number of nitrogens with zero attached hydrogens (tertiary/aromatic N) is 5. The minimum atomic E-state index is -0.315. The number of nitrogens with one attached hydrogen (secondary N) is 2. The zero-order chi connectivity index (χ0) is 20.5. The molecule has 1 amide bonds. The molecule has 4 aromatic rings. The molecular formula is C20H18FN7OS. The molecule has 152 valence electrons.